The molecular formula is C21H19N4O5S-. The predicted octanol–water partition coefficient (Wildman–Crippen LogP) is 0.684. The smallest absolute Gasteiger partial charge is 0.275 e. The number of hydrogen-bond acceptors (Lipinski definition) is 7. The molecule has 31 heavy (non-hydrogen) atoms. The van der Waals surface area contributed by atoms with Crippen LogP contribution in [0.3, 0.4) is 0 Å². The quantitative estimate of drug-likeness (QED) is 0.598. The Morgan fingerprint density at radius 3 is 2.68 bits per heavy atom. The molecule has 10 heteroatoms. The number of amides is 2. The SMILES string of the molecule is C[C@@H]1CCc2c(sc(NC(=O)Cn3nc(C(=O)[O-])c4ccccc4c3=O)c2C(N)=O)C1. The largest absolute Gasteiger partial charge is 0.543 e. The number of nitrogens with two attached hydrogens (primary N) is 1. The highest BCUT2D eigenvalue weighted by molar-refractivity contribution is 7.17. The molecule has 160 valence electrons. The second-order valence-electron chi connectivity index (χ2n) is 7.61. The summed E-state index contributed by atoms with van der Waals surface area (Å²) in [5, 5.41) is 18.5. The minimum atomic E-state index is -1.55. The number of carbonyl (C=O) groups is 3. The number of thiophene rings is 1. The van der Waals surface area contributed by atoms with Crippen LogP contribution in [0.2, 0.25) is 0 Å². The Balaban J connectivity index is 1.67. The first-order chi connectivity index (χ1) is 14.8. The molecule has 0 aliphatic heterocycles. The third-order valence-corrected chi connectivity index (χ3v) is 6.54. The van der Waals surface area contributed by atoms with Gasteiger partial charge in [0.1, 0.15) is 17.2 Å². The molecule has 3 N–H and O–H groups in total. The van der Waals surface area contributed by atoms with Gasteiger partial charge in [-0.15, -0.1) is 11.3 Å². The Bertz CT molecular complexity index is 1290. The molecule has 2 amide bonds. The van der Waals surface area contributed by atoms with Crippen molar-refractivity contribution in [2.75, 3.05) is 5.32 Å². The standard InChI is InChI=1S/C21H20N4O5S/c1-10-6-7-13-14(8-10)31-19(16(13)18(22)27)23-15(26)9-25-20(28)12-5-3-2-4-11(12)17(24-25)21(29)30/h2-5,10H,6-9H2,1H3,(H2,22,27)(H,23,26)(H,29,30)/p-1/t10-/m1/s1. The number of carboxylic acids is 1. The average molecular weight is 439 g/mol. The Morgan fingerprint density at radius 2 is 2.00 bits per heavy atom. The molecule has 0 saturated heterocycles. The van der Waals surface area contributed by atoms with Gasteiger partial charge in [-0.3, -0.25) is 14.4 Å². The third kappa shape index (κ3) is 3.81. The zero-order valence-corrected chi connectivity index (χ0v) is 17.5. The van der Waals surface area contributed by atoms with Crippen molar-refractivity contribution in [1.82, 2.24) is 9.78 Å². The normalized spacial score (nSPS) is 15.5. The summed E-state index contributed by atoms with van der Waals surface area (Å²) in [6.45, 7) is 1.60. The van der Waals surface area contributed by atoms with Gasteiger partial charge < -0.3 is 21.0 Å². The minimum Gasteiger partial charge on any atom is -0.543 e. The number of anilines is 1. The molecule has 1 aromatic carbocycles. The summed E-state index contributed by atoms with van der Waals surface area (Å²) >= 11 is 1.30. The maximum atomic E-state index is 12.7. The Labute approximate surface area is 180 Å². The molecule has 4 rings (SSSR count). The van der Waals surface area contributed by atoms with Crippen molar-refractivity contribution in [1.29, 1.82) is 0 Å². The lowest BCUT2D eigenvalue weighted by Crippen LogP contribution is -2.34. The van der Waals surface area contributed by atoms with Crippen LogP contribution in [0.15, 0.2) is 29.1 Å². The summed E-state index contributed by atoms with van der Waals surface area (Å²) in [4.78, 5) is 49.9. The monoisotopic (exact) mass is 439 g/mol. The summed E-state index contributed by atoms with van der Waals surface area (Å²) in [7, 11) is 0. The maximum absolute atomic E-state index is 12.7. The molecule has 0 saturated carbocycles. The fraction of sp³-hybridized carbons (Fsp3) is 0.286. The van der Waals surface area contributed by atoms with E-state index < -0.39 is 35.6 Å². The van der Waals surface area contributed by atoms with Crippen LogP contribution in [-0.2, 0) is 24.2 Å². The average Bonchev–Trinajstić information content (AvgIpc) is 3.06. The van der Waals surface area contributed by atoms with Crippen molar-refractivity contribution in [2.24, 2.45) is 11.7 Å². The highest BCUT2D eigenvalue weighted by atomic mass is 32.1. The number of fused-ring (bicyclic) bond motifs is 2. The van der Waals surface area contributed by atoms with Gasteiger partial charge in [-0.05, 0) is 36.8 Å². The number of rotatable bonds is 5. The van der Waals surface area contributed by atoms with Gasteiger partial charge in [-0.25, -0.2) is 4.68 Å². The van der Waals surface area contributed by atoms with E-state index >= 15 is 0 Å². The fourth-order valence-electron chi connectivity index (χ4n) is 3.89. The fourth-order valence-corrected chi connectivity index (χ4v) is 5.33. The van der Waals surface area contributed by atoms with Gasteiger partial charge in [-0.1, -0.05) is 25.1 Å². The van der Waals surface area contributed by atoms with Gasteiger partial charge in [0.25, 0.3) is 11.5 Å². The number of carboxylic acid groups (broad SMARTS) is 1. The van der Waals surface area contributed by atoms with E-state index in [1.807, 2.05) is 0 Å². The van der Waals surface area contributed by atoms with Gasteiger partial charge in [0.2, 0.25) is 5.91 Å². The van der Waals surface area contributed by atoms with Crippen molar-refractivity contribution in [3.05, 3.63) is 56.3 Å². The molecule has 0 radical (unpaired) electrons. The molecule has 2 aromatic heterocycles. The first kappa shape index (κ1) is 20.7. The number of carbonyl (C=O) groups excluding carboxylic acids is 3. The number of hydrogen-bond donors (Lipinski definition) is 2. The molecule has 3 aromatic rings. The Morgan fingerprint density at radius 1 is 1.29 bits per heavy atom. The molecule has 0 spiro atoms. The van der Waals surface area contributed by atoms with Crippen LogP contribution >= 0.6 is 11.3 Å². The highest BCUT2D eigenvalue weighted by Crippen LogP contribution is 2.39. The van der Waals surface area contributed by atoms with E-state index in [0.717, 1.165) is 28.0 Å². The number of nitrogens with one attached hydrogen (secondary N) is 1. The molecule has 9 nitrogen and oxygen atoms in total. The van der Waals surface area contributed by atoms with Gasteiger partial charge in [0.05, 0.1) is 16.9 Å². The van der Waals surface area contributed by atoms with Crippen molar-refractivity contribution in [3.8, 4) is 0 Å². The van der Waals surface area contributed by atoms with E-state index in [2.05, 4.69) is 17.3 Å². The van der Waals surface area contributed by atoms with Crippen LogP contribution in [0.1, 0.15) is 44.6 Å². The summed E-state index contributed by atoms with van der Waals surface area (Å²) < 4.78 is 0.780. The minimum absolute atomic E-state index is 0.114. The van der Waals surface area contributed by atoms with Crippen molar-refractivity contribution < 1.29 is 19.5 Å². The van der Waals surface area contributed by atoms with Gasteiger partial charge >= 0.3 is 0 Å². The highest BCUT2D eigenvalue weighted by Gasteiger charge is 2.27. The van der Waals surface area contributed by atoms with Crippen molar-refractivity contribution in [3.63, 3.8) is 0 Å². The topological polar surface area (TPSA) is 147 Å². The summed E-state index contributed by atoms with van der Waals surface area (Å²) in [5.41, 5.74) is 5.69. The zero-order valence-electron chi connectivity index (χ0n) is 16.6. The van der Waals surface area contributed by atoms with Crippen LogP contribution in [0.25, 0.3) is 10.8 Å². The maximum Gasteiger partial charge on any atom is 0.275 e. The van der Waals surface area contributed by atoms with Crippen LogP contribution in [-0.4, -0.2) is 27.6 Å². The zero-order chi connectivity index (χ0) is 22.3. The molecule has 1 atom stereocenters. The van der Waals surface area contributed by atoms with E-state index in [1.54, 1.807) is 12.1 Å². The van der Waals surface area contributed by atoms with Gasteiger partial charge in [0.15, 0.2) is 0 Å². The summed E-state index contributed by atoms with van der Waals surface area (Å²) in [6.07, 6.45) is 2.44. The van der Waals surface area contributed by atoms with Crippen LogP contribution < -0.4 is 21.7 Å². The number of primary amides is 1. The molecule has 0 bridgehead atoms. The lowest BCUT2D eigenvalue weighted by Gasteiger charge is -2.18. The van der Waals surface area contributed by atoms with Crippen LogP contribution in [0, 0.1) is 5.92 Å². The number of aromatic carboxylic acids is 1. The Hall–Kier alpha value is -3.53. The number of benzene rings is 1. The second kappa shape index (κ2) is 7.95. The molecule has 2 heterocycles. The number of aromatic nitrogens is 2. The molecule has 0 unspecified atom stereocenters. The van der Waals surface area contributed by atoms with Crippen molar-refractivity contribution >= 4 is 44.9 Å². The Kier molecular flexibility index (Phi) is 5.32. The van der Waals surface area contributed by atoms with Gasteiger partial charge in [-0.2, -0.15) is 5.10 Å². The van der Waals surface area contributed by atoms with E-state index in [0.29, 0.717) is 22.9 Å². The van der Waals surface area contributed by atoms with E-state index in [1.165, 1.54) is 23.5 Å². The van der Waals surface area contributed by atoms with E-state index in [-0.39, 0.29) is 10.8 Å². The summed E-state index contributed by atoms with van der Waals surface area (Å²) in [5.74, 6) is -2.33. The third-order valence-electron chi connectivity index (χ3n) is 5.37. The first-order valence-corrected chi connectivity index (χ1v) is 10.5. The molecule has 1 aliphatic carbocycles. The first-order valence-electron chi connectivity index (χ1n) is 9.71. The second-order valence-corrected chi connectivity index (χ2v) is 8.72. The van der Waals surface area contributed by atoms with Gasteiger partial charge in [0, 0.05) is 10.3 Å². The molecular weight excluding hydrogens is 420 g/mol. The van der Waals surface area contributed by atoms with E-state index in [4.69, 9.17) is 5.73 Å². The predicted molar refractivity (Wildman–Crippen MR) is 113 cm³/mol. The molecule has 0 fully saturated rings. The van der Waals surface area contributed by atoms with Crippen LogP contribution in [0.5, 0.6) is 0 Å². The molecule has 1 aliphatic rings. The number of nitrogens with zero attached hydrogens (tertiary/aromatic N) is 2. The van der Waals surface area contributed by atoms with E-state index in [9.17, 15) is 24.3 Å². The lowest BCUT2D eigenvalue weighted by molar-refractivity contribution is -0.255. The summed E-state index contributed by atoms with van der Waals surface area (Å²) in [6, 6.07) is 6.08. The van der Waals surface area contributed by atoms with Crippen LogP contribution in [0.4, 0.5) is 5.00 Å². The lowest BCUT2D eigenvalue weighted by atomic mass is 9.88. The van der Waals surface area contributed by atoms with Crippen molar-refractivity contribution in [2.45, 2.75) is 32.7 Å².